The lowest BCUT2D eigenvalue weighted by atomic mass is 10.2. The number of hydrogen-bond acceptors (Lipinski definition) is 6. The Bertz CT molecular complexity index is 1330. The van der Waals surface area contributed by atoms with E-state index in [4.69, 9.17) is 21.3 Å². The van der Waals surface area contributed by atoms with Gasteiger partial charge in [-0.25, -0.2) is 13.4 Å². The number of halogens is 1. The van der Waals surface area contributed by atoms with Crippen molar-refractivity contribution in [2.75, 3.05) is 31.1 Å². The number of benzene rings is 2. The van der Waals surface area contributed by atoms with Crippen LogP contribution in [0.15, 0.2) is 41.3 Å². The van der Waals surface area contributed by atoms with Crippen LogP contribution in [0.1, 0.15) is 48.0 Å². The van der Waals surface area contributed by atoms with E-state index in [2.05, 4.69) is 0 Å². The van der Waals surface area contributed by atoms with Crippen LogP contribution in [0.4, 0.5) is 5.13 Å². The summed E-state index contributed by atoms with van der Waals surface area (Å²) >= 11 is 7.73. The predicted octanol–water partition coefficient (Wildman–Crippen LogP) is 5.26. The van der Waals surface area contributed by atoms with Crippen LogP contribution in [0.2, 0.25) is 5.02 Å². The fourth-order valence-electron chi connectivity index (χ4n) is 4.62. The van der Waals surface area contributed by atoms with Crippen molar-refractivity contribution >= 4 is 54.2 Å². The van der Waals surface area contributed by atoms with Gasteiger partial charge in [0.05, 0.1) is 27.8 Å². The van der Waals surface area contributed by atoms with Crippen molar-refractivity contribution in [1.82, 2.24) is 9.29 Å². The van der Waals surface area contributed by atoms with Gasteiger partial charge < -0.3 is 4.74 Å². The van der Waals surface area contributed by atoms with Gasteiger partial charge in [-0.3, -0.25) is 9.69 Å². The molecule has 35 heavy (non-hydrogen) atoms. The van der Waals surface area contributed by atoms with E-state index >= 15 is 0 Å². The van der Waals surface area contributed by atoms with Crippen molar-refractivity contribution in [2.45, 2.75) is 50.0 Å². The summed E-state index contributed by atoms with van der Waals surface area (Å²) in [6, 6.07) is 10.0. The fourth-order valence-corrected chi connectivity index (χ4v) is 7.33. The molecule has 1 unspecified atom stereocenters. The average molecular weight is 534 g/mol. The highest BCUT2D eigenvalue weighted by molar-refractivity contribution is 7.89. The van der Waals surface area contributed by atoms with Gasteiger partial charge in [-0.15, -0.1) is 0 Å². The zero-order chi connectivity index (χ0) is 24.6. The van der Waals surface area contributed by atoms with Gasteiger partial charge in [0.2, 0.25) is 10.0 Å². The second kappa shape index (κ2) is 10.1. The Hall–Kier alpha value is -2.04. The van der Waals surface area contributed by atoms with Crippen molar-refractivity contribution in [3.05, 3.63) is 52.5 Å². The monoisotopic (exact) mass is 533 g/mol. The number of fused-ring (bicyclic) bond motifs is 1. The molecule has 0 aliphatic carbocycles. The maximum absolute atomic E-state index is 13.7. The van der Waals surface area contributed by atoms with Crippen molar-refractivity contribution in [3.63, 3.8) is 0 Å². The minimum absolute atomic E-state index is 0.0607. The highest BCUT2D eigenvalue weighted by Gasteiger charge is 2.29. The maximum atomic E-state index is 13.7. The molecule has 0 saturated carbocycles. The molecule has 5 rings (SSSR count). The van der Waals surface area contributed by atoms with Gasteiger partial charge in [0.1, 0.15) is 0 Å². The Labute approximate surface area is 214 Å². The number of thiazole rings is 1. The first-order valence-corrected chi connectivity index (χ1v) is 14.6. The summed E-state index contributed by atoms with van der Waals surface area (Å²) in [5, 5.41) is 1.22. The number of rotatable bonds is 6. The molecule has 2 aliphatic heterocycles. The molecule has 0 spiro atoms. The van der Waals surface area contributed by atoms with Crippen LogP contribution in [0.25, 0.3) is 10.2 Å². The Balaban J connectivity index is 1.45. The number of amides is 1. The summed E-state index contributed by atoms with van der Waals surface area (Å²) in [7, 11) is -3.56. The molecule has 0 N–H and O–H groups in total. The van der Waals surface area contributed by atoms with Gasteiger partial charge in [0.25, 0.3) is 5.91 Å². The third-order valence-corrected chi connectivity index (χ3v) is 10.0. The molecular weight excluding hydrogens is 506 g/mol. The van der Waals surface area contributed by atoms with Crippen molar-refractivity contribution in [1.29, 1.82) is 0 Å². The molecule has 1 amide bonds. The largest absolute Gasteiger partial charge is 0.376 e. The van der Waals surface area contributed by atoms with Crippen LogP contribution in [0.3, 0.4) is 0 Å². The molecule has 3 aromatic rings. The zero-order valence-corrected chi connectivity index (χ0v) is 22.0. The van der Waals surface area contributed by atoms with E-state index < -0.39 is 10.0 Å². The van der Waals surface area contributed by atoms with E-state index in [1.807, 2.05) is 19.1 Å². The van der Waals surface area contributed by atoms with Crippen LogP contribution in [0.5, 0.6) is 0 Å². The Kier molecular flexibility index (Phi) is 7.14. The van der Waals surface area contributed by atoms with Gasteiger partial charge >= 0.3 is 0 Å². The van der Waals surface area contributed by atoms with Gasteiger partial charge in [0.15, 0.2) is 5.13 Å². The molecule has 2 aromatic carbocycles. The van der Waals surface area contributed by atoms with Gasteiger partial charge in [-0.05, 0) is 74.6 Å². The smallest absolute Gasteiger partial charge is 0.260 e. The molecule has 7 nitrogen and oxygen atoms in total. The van der Waals surface area contributed by atoms with Gasteiger partial charge in [-0.2, -0.15) is 4.31 Å². The third-order valence-electron chi connectivity index (χ3n) is 6.68. The van der Waals surface area contributed by atoms with E-state index in [1.165, 1.54) is 27.8 Å². The number of aryl methyl sites for hydroxylation is 1. The summed E-state index contributed by atoms with van der Waals surface area (Å²) in [4.78, 5) is 20.3. The lowest BCUT2D eigenvalue weighted by Gasteiger charge is -2.26. The van der Waals surface area contributed by atoms with E-state index in [0.29, 0.717) is 42.0 Å². The van der Waals surface area contributed by atoms with E-state index in [-0.39, 0.29) is 16.9 Å². The zero-order valence-electron chi connectivity index (χ0n) is 19.6. The van der Waals surface area contributed by atoms with Crippen LogP contribution in [-0.4, -0.2) is 56.0 Å². The van der Waals surface area contributed by atoms with E-state index in [0.717, 1.165) is 47.9 Å². The molecule has 1 aromatic heterocycles. The summed E-state index contributed by atoms with van der Waals surface area (Å²) in [6.45, 7) is 4.07. The number of ether oxygens (including phenoxy) is 1. The van der Waals surface area contributed by atoms with Gasteiger partial charge in [0, 0.05) is 30.3 Å². The van der Waals surface area contributed by atoms with Gasteiger partial charge in [-0.1, -0.05) is 29.4 Å². The molecule has 186 valence electrons. The lowest BCUT2D eigenvalue weighted by Crippen LogP contribution is -2.37. The maximum Gasteiger partial charge on any atom is 0.260 e. The lowest BCUT2D eigenvalue weighted by molar-refractivity contribution is 0.0917. The first-order valence-electron chi connectivity index (χ1n) is 11.9. The molecule has 0 radical (unpaired) electrons. The number of hydrogen-bond donors (Lipinski definition) is 0. The average Bonchev–Trinajstić information content (AvgIpc) is 3.55. The Morgan fingerprint density at radius 2 is 1.89 bits per heavy atom. The second-order valence-electron chi connectivity index (χ2n) is 9.06. The number of anilines is 1. The standard InChI is InChI=1S/C25H28ClN3O4S2/c1-17-21(26)11-12-22-23(17)27-25(34-22)29(16-19-6-5-15-33-19)24(30)18-7-9-20(10-8-18)35(31,32)28-13-3-2-4-14-28/h7-12,19H,2-6,13-16H2,1H3. The highest BCUT2D eigenvalue weighted by Crippen LogP contribution is 2.35. The summed E-state index contributed by atoms with van der Waals surface area (Å²) in [5.74, 6) is -0.231. The number of aromatic nitrogens is 1. The second-order valence-corrected chi connectivity index (χ2v) is 12.4. The topological polar surface area (TPSA) is 79.8 Å². The van der Waals surface area contributed by atoms with Crippen LogP contribution < -0.4 is 4.90 Å². The number of carbonyl (C=O) groups excluding carboxylic acids is 1. The number of carbonyl (C=O) groups is 1. The molecular formula is C25H28ClN3O4S2. The number of sulfonamides is 1. The first-order chi connectivity index (χ1) is 16.8. The first kappa shape index (κ1) is 24.6. The molecule has 1 atom stereocenters. The summed E-state index contributed by atoms with van der Waals surface area (Å²) in [5.41, 5.74) is 2.07. The fraction of sp³-hybridized carbons (Fsp3) is 0.440. The molecule has 2 saturated heterocycles. The Morgan fingerprint density at radius 3 is 2.57 bits per heavy atom. The normalized spacial score (nSPS) is 19.3. The minimum Gasteiger partial charge on any atom is -0.376 e. The minimum atomic E-state index is -3.56. The van der Waals surface area contributed by atoms with Crippen molar-refractivity contribution < 1.29 is 17.9 Å². The molecule has 10 heteroatoms. The van der Waals surface area contributed by atoms with Crippen molar-refractivity contribution in [2.24, 2.45) is 0 Å². The summed E-state index contributed by atoms with van der Waals surface area (Å²) in [6.07, 6.45) is 4.59. The summed E-state index contributed by atoms with van der Waals surface area (Å²) < 4.78 is 34.3. The van der Waals surface area contributed by atoms with Crippen LogP contribution in [-0.2, 0) is 14.8 Å². The van der Waals surface area contributed by atoms with E-state index in [1.54, 1.807) is 17.0 Å². The molecule has 3 heterocycles. The predicted molar refractivity (Wildman–Crippen MR) is 139 cm³/mol. The third kappa shape index (κ3) is 4.97. The van der Waals surface area contributed by atoms with Crippen LogP contribution in [0, 0.1) is 6.92 Å². The van der Waals surface area contributed by atoms with E-state index in [9.17, 15) is 13.2 Å². The SMILES string of the molecule is Cc1c(Cl)ccc2sc(N(CC3CCCO3)C(=O)c3ccc(S(=O)(=O)N4CCCCC4)cc3)nc12. The molecule has 0 bridgehead atoms. The molecule has 2 fully saturated rings. The highest BCUT2D eigenvalue weighted by atomic mass is 35.5. The number of piperidine rings is 1. The molecule has 2 aliphatic rings. The Morgan fingerprint density at radius 1 is 1.14 bits per heavy atom. The quantitative estimate of drug-likeness (QED) is 0.432. The van der Waals surface area contributed by atoms with Crippen LogP contribution >= 0.6 is 22.9 Å². The number of nitrogens with zero attached hydrogens (tertiary/aromatic N) is 3. The van der Waals surface area contributed by atoms with Crippen molar-refractivity contribution in [3.8, 4) is 0 Å².